The summed E-state index contributed by atoms with van der Waals surface area (Å²) in [5.41, 5.74) is 1.08. The van der Waals surface area contributed by atoms with Crippen molar-refractivity contribution in [1.82, 2.24) is 20.4 Å². The molecule has 2 amide bonds. The molecule has 1 aromatic heterocycles. The third-order valence-electron chi connectivity index (χ3n) is 4.37. The zero-order valence-corrected chi connectivity index (χ0v) is 16.6. The first-order valence-corrected chi connectivity index (χ1v) is 9.35. The summed E-state index contributed by atoms with van der Waals surface area (Å²) >= 11 is 0. The summed E-state index contributed by atoms with van der Waals surface area (Å²) in [6, 6.07) is 14.4. The Bertz CT molecular complexity index is 988. The number of benzene rings is 2. The number of amides is 2. The normalized spacial score (nSPS) is 11.6. The molecule has 0 aliphatic heterocycles. The number of aliphatic hydroxyl groups excluding tert-OH is 1. The molecule has 0 aliphatic rings. The van der Waals surface area contributed by atoms with E-state index < -0.39 is 18.7 Å². The highest BCUT2D eigenvalue weighted by atomic mass is 16.6. The maximum atomic E-state index is 12.3. The second-order valence-electron chi connectivity index (χ2n) is 6.44. The molecular formula is C21H22N4O5. The van der Waals surface area contributed by atoms with Crippen molar-refractivity contribution in [2.45, 2.75) is 13.0 Å². The van der Waals surface area contributed by atoms with Gasteiger partial charge in [0.25, 0.3) is 11.8 Å². The monoisotopic (exact) mass is 410 g/mol. The van der Waals surface area contributed by atoms with Crippen LogP contribution in [0, 0.1) is 0 Å². The van der Waals surface area contributed by atoms with Gasteiger partial charge in [-0.1, -0.05) is 23.4 Å². The number of aliphatic hydroxyl groups is 1. The summed E-state index contributed by atoms with van der Waals surface area (Å²) < 4.78 is 10.5. The Balaban J connectivity index is 1.68. The van der Waals surface area contributed by atoms with Crippen molar-refractivity contribution in [3.05, 3.63) is 66.1 Å². The molecule has 2 N–H and O–H groups in total. The van der Waals surface area contributed by atoms with Crippen LogP contribution in [-0.4, -0.2) is 52.3 Å². The van der Waals surface area contributed by atoms with Crippen LogP contribution in [0.3, 0.4) is 0 Å². The van der Waals surface area contributed by atoms with E-state index in [-0.39, 0.29) is 17.6 Å². The molecule has 0 saturated carbocycles. The van der Waals surface area contributed by atoms with E-state index in [1.54, 1.807) is 61.6 Å². The average Bonchev–Trinajstić information content (AvgIpc) is 3.27. The summed E-state index contributed by atoms with van der Waals surface area (Å²) in [7, 11) is 1.64. The van der Waals surface area contributed by atoms with Crippen molar-refractivity contribution < 1.29 is 24.0 Å². The Hall–Kier alpha value is -3.72. The molecule has 0 unspecified atom stereocenters. The predicted molar refractivity (Wildman–Crippen MR) is 108 cm³/mol. The number of carbonyl (C=O) groups excluding carboxylic acids is 2. The van der Waals surface area contributed by atoms with E-state index in [4.69, 9.17) is 9.26 Å². The second-order valence-corrected chi connectivity index (χ2v) is 6.44. The number of rotatable bonds is 7. The molecule has 0 fully saturated rings. The molecular weight excluding hydrogens is 388 g/mol. The minimum absolute atomic E-state index is 0.0804. The van der Waals surface area contributed by atoms with Gasteiger partial charge < -0.3 is 24.6 Å². The van der Waals surface area contributed by atoms with Crippen molar-refractivity contribution in [2.24, 2.45) is 0 Å². The Morgan fingerprint density at radius 2 is 1.87 bits per heavy atom. The number of aromatic nitrogens is 2. The van der Waals surface area contributed by atoms with Crippen molar-refractivity contribution in [2.75, 3.05) is 20.2 Å². The van der Waals surface area contributed by atoms with Gasteiger partial charge in [0, 0.05) is 24.7 Å². The zero-order chi connectivity index (χ0) is 21.5. The zero-order valence-electron chi connectivity index (χ0n) is 16.6. The fraction of sp³-hybridized carbons (Fsp3) is 0.238. The minimum atomic E-state index is -0.844. The molecule has 0 bridgehead atoms. The van der Waals surface area contributed by atoms with Gasteiger partial charge in [0.1, 0.15) is 11.8 Å². The minimum Gasteiger partial charge on any atom is -0.410 e. The molecule has 9 heteroatoms. The topological polar surface area (TPSA) is 118 Å². The van der Waals surface area contributed by atoms with Gasteiger partial charge in [-0.15, -0.1) is 0 Å². The van der Waals surface area contributed by atoms with Gasteiger partial charge in [0.2, 0.25) is 5.82 Å². The summed E-state index contributed by atoms with van der Waals surface area (Å²) in [5.74, 6) is 0.381. The quantitative estimate of drug-likeness (QED) is 0.615. The van der Waals surface area contributed by atoms with Crippen LogP contribution in [0.2, 0.25) is 0 Å². The molecule has 156 valence electrons. The molecule has 0 spiro atoms. The van der Waals surface area contributed by atoms with E-state index in [1.165, 1.54) is 4.90 Å². The fourth-order valence-corrected chi connectivity index (χ4v) is 2.49. The Morgan fingerprint density at radius 1 is 1.17 bits per heavy atom. The van der Waals surface area contributed by atoms with Gasteiger partial charge in [0.05, 0.1) is 6.61 Å². The lowest BCUT2D eigenvalue weighted by atomic mass is 10.2. The number of nitrogens with zero attached hydrogens (tertiary/aromatic N) is 3. The first kappa shape index (κ1) is 21.0. The summed E-state index contributed by atoms with van der Waals surface area (Å²) in [4.78, 5) is 29.8. The number of ether oxygens (including phenoxy) is 1. The molecule has 1 heterocycles. The SMILES string of the molecule is CCN(C)C(=O)Oc1ccc(-c2noc([C@H](CO)NC(=O)c3ccccc3)n2)cc1. The van der Waals surface area contributed by atoms with Gasteiger partial charge in [-0.05, 0) is 43.3 Å². The number of hydrogen-bond donors (Lipinski definition) is 2. The number of nitrogens with one attached hydrogen (secondary N) is 1. The molecule has 0 radical (unpaired) electrons. The maximum Gasteiger partial charge on any atom is 0.414 e. The van der Waals surface area contributed by atoms with Crippen LogP contribution in [-0.2, 0) is 0 Å². The van der Waals surface area contributed by atoms with E-state index in [0.717, 1.165) is 0 Å². The predicted octanol–water partition coefficient (Wildman–Crippen LogP) is 2.65. The van der Waals surface area contributed by atoms with Crippen LogP contribution in [0.25, 0.3) is 11.4 Å². The highest BCUT2D eigenvalue weighted by molar-refractivity contribution is 5.94. The van der Waals surface area contributed by atoms with E-state index in [2.05, 4.69) is 15.5 Å². The van der Waals surface area contributed by atoms with Gasteiger partial charge in [-0.25, -0.2) is 4.79 Å². The first-order valence-electron chi connectivity index (χ1n) is 9.35. The van der Waals surface area contributed by atoms with Crippen LogP contribution in [0.1, 0.15) is 29.2 Å². The van der Waals surface area contributed by atoms with Crippen molar-refractivity contribution >= 4 is 12.0 Å². The second kappa shape index (κ2) is 9.66. The fourth-order valence-electron chi connectivity index (χ4n) is 2.49. The van der Waals surface area contributed by atoms with Gasteiger partial charge in [0.15, 0.2) is 0 Å². The van der Waals surface area contributed by atoms with Crippen molar-refractivity contribution in [3.63, 3.8) is 0 Å². The molecule has 9 nitrogen and oxygen atoms in total. The van der Waals surface area contributed by atoms with Crippen molar-refractivity contribution in [1.29, 1.82) is 0 Å². The molecule has 30 heavy (non-hydrogen) atoms. The first-order chi connectivity index (χ1) is 14.5. The summed E-state index contributed by atoms with van der Waals surface area (Å²) in [5, 5.41) is 16.2. The van der Waals surface area contributed by atoms with Gasteiger partial charge in [-0.3, -0.25) is 4.79 Å². The molecule has 3 aromatic rings. The third kappa shape index (κ3) is 5.00. The average molecular weight is 410 g/mol. The van der Waals surface area contributed by atoms with Crippen LogP contribution in [0.15, 0.2) is 59.1 Å². The van der Waals surface area contributed by atoms with Crippen LogP contribution >= 0.6 is 0 Å². The molecule has 0 aliphatic carbocycles. The van der Waals surface area contributed by atoms with E-state index in [9.17, 15) is 14.7 Å². The largest absolute Gasteiger partial charge is 0.414 e. The van der Waals surface area contributed by atoms with E-state index >= 15 is 0 Å². The molecule has 2 aromatic carbocycles. The number of hydrogen-bond acceptors (Lipinski definition) is 7. The molecule has 0 saturated heterocycles. The maximum absolute atomic E-state index is 12.3. The molecule has 1 atom stereocenters. The third-order valence-corrected chi connectivity index (χ3v) is 4.37. The highest BCUT2D eigenvalue weighted by Gasteiger charge is 2.21. The van der Waals surface area contributed by atoms with Crippen LogP contribution in [0.4, 0.5) is 4.79 Å². The van der Waals surface area contributed by atoms with Crippen LogP contribution in [0.5, 0.6) is 5.75 Å². The van der Waals surface area contributed by atoms with Gasteiger partial charge in [-0.2, -0.15) is 4.98 Å². The molecule has 3 rings (SSSR count). The standard InChI is InChI=1S/C21H22N4O5/c1-3-25(2)21(28)29-16-11-9-14(10-12-16)18-23-20(30-24-18)17(13-26)22-19(27)15-7-5-4-6-8-15/h4-12,17,26H,3,13H2,1-2H3,(H,22,27)/t17-/m0/s1. The lowest BCUT2D eigenvalue weighted by Crippen LogP contribution is -2.31. The number of carbonyl (C=O) groups is 2. The van der Waals surface area contributed by atoms with E-state index in [1.807, 2.05) is 6.92 Å². The highest BCUT2D eigenvalue weighted by Crippen LogP contribution is 2.22. The Kier molecular flexibility index (Phi) is 6.76. The lowest BCUT2D eigenvalue weighted by molar-refractivity contribution is 0.0901. The van der Waals surface area contributed by atoms with Gasteiger partial charge >= 0.3 is 6.09 Å². The Morgan fingerprint density at radius 3 is 2.50 bits per heavy atom. The Labute approximate surface area is 173 Å². The van der Waals surface area contributed by atoms with Crippen molar-refractivity contribution in [3.8, 4) is 17.1 Å². The summed E-state index contributed by atoms with van der Waals surface area (Å²) in [6.07, 6.45) is -0.452. The van der Waals surface area contributed by atoms with Crippen LogP contribution < -0.4 is 10.1 Å². The summed E-state index contributed by atoms with van der Waals surface area (Å²) in [6.45, 7) is 1.98. The lowest BCUT2D eigenvalue weighted by Gasteiger charge is -2.14. The smallest absolute Gasteiger partial charge is 0.410 e. The van der Waals surface area contributed by atoms with E-state index in [0.29, 0.717) is 23.4 Å².